The average Bonchev–Trinajstić information content (AvgIpc) is 2.67. The molecule has 0 aromatic rings. The van der Waals surface area contributed by atoms with Gasteiger partial charge in [-0.1, -0.05) is 79.0 Å². The topological polar surface area (TPSA) is 34.1 Å². The van der Waals surface area contributed by atoms with E-state index < -0.39 is 0 Å². The van der Waals surface area contributed by atoms with Crippen LogP contribution < -0.4 is 0 Å². The van der Waals surface area contributed by atoms with Gasteiger partial charge in [-0.25, -0.2) is 0 Å². The zero-order valence-electron chi connectivity index (χ0n) is 22.6. The number of allylic oxidation sites excluding steroid dienone is 4. The predicted molar refractivity (Wildman–Crippen MR) is 141 cm³/mol. The third-order valence-electron chi connectivity index (χ3n) is 7.99. The Hall–Kier alpha value is -1.18. The summed E-state index contributed by atoms with van der Waals surface area (Å²) in [5, 5.41) is 0. The number of hydrogen-bond acceptors (Lipinski definition) is 2. The molecule has 3 atom stereocenters. The average molecular weight is 447 g/mol. The van der Waals surface area contributed by atoms with Crippen molar-refractivity contribution >= 4 is 11.6 Å². The molecule has 2 nitrogen and oxygen atoms in total. The van der Waals surface area contributed by atoms with Crippen LogP contribution in [0, 0.1) is 28.6 Å². The van der Waals surface area contributed by atoms with Gasteiger partial charge >= 0.3 is 0 Å². The molecule has 0 saturated heterocycles. The van der Waals surface area contributed by atoms with Crippen molar-refractivity contribution in [3.8, 4) is 0 Å². The first-order valence-corrected chi connectivity index (χ1v) is 13.3. The third-order valence-corrected chi connectivity index (χ3v) is 7.99. The lowest BCUT2D eigenvalue weighted by molar-refractivity contribution is -0.119. The van der Waals surface area contributed by atoms with Crippen molar-refractivity contribution < 1.29 is 11.0 Å². The zero-order valence-corrected chi connectivity index (χ0v) is 22.6. The quantitative estimate of drug-likeness (QED) is 0.261. The van der Waals surface area contributed by atoms with Gasteiger partial charge in [0.25, 0.3) is 0 Å². The Labute approximate surface area is 201 Å². The maximum atomic E-state index is 11.6. The second kappa shape index (κ2) is 13.5. The van der Waals surface area contributed by atoms with Crippen LogP contribution in [0.4, 0.5) is 0 Å². The van der Waals surface area contributed by atoms with Crippen LogP contribution in [0.15, 0.2) is 23.8 Å². The van der Waals surface area contributed by atoms with Gasteiger partial charge in [0.15, 0.2) is 5.78 Å². The Kier molecular flexibility index (Phi) is 12.2. The molecule has 3 unspecified atom stereocenters. The largest absolute Gasteiger partial charge is 0.300 e. The molecule has 1 saturated carbocycles. The molecule has 0 aromatic heterocycles. The van der Waals surface area contributed by atoms with Crippen molar-refractivity contribution in [3.05, 3.63) is 23.8 Å². The highest BCUT2D eigenvalue weighted by Gasteiger charge is 2.36. The summed E-state index contributed by atoms with van der Waals surface area (Å²) in [4.78, 5) is 23.1. The van der Waals surface area contributed by atoms with Crippen LogP contribution in [0.5, 0.6) is 0 Å². The fourth-order valence-electron chi connectivity index (χ4n) is 5.95. The number of rotatable bonds is 9. The van der Waals surface area contributed by atoms with Crippen LogP contribution in [0.3, 0.4) is 0 Å². The van der Waals surface area contributed by atoms with Crippen molar-refractivity contribution in [3.63, 3.8) is 0 Å². The summed E-state index contributed by atoms with van der Waals surface area (Å²) in [6.07, 6.45) is 18.0. The predicted octanol–water partition coefficient (Wildman–Crippen LogP) is 9.14. The number of Topliss-reactive ketones (excluding diaryl/α,β-unsaturated/α-hetero) is 1. The van der Waals surface area contributed by atoms with E-state index in [1.165, 1.54) is 37.7 Å². The van der Waals surface area contributed by atoms with E-state index in [2.05, 4.69) is 60.6 Å². The number of ketones is 2. The Balaban J connectivity index is 0.000000602. The Morgan fingerprint density at radius 1 is 1.03 bits per heavy atom. The molecule has 32 heavy (non-hydrogen) atoms. The van der Waals surface area contributed by atoms with E-state index in [1.807, 2.05) is 6.92 Å². The lowest BCUT2D eigenvalue weighted by Crippen LogP contribution is -2.34. The van der Waals surface area contributed by atoms with Gasteiger partial charge in [-0.15, -0.1) is 0 Å². The first kappa shape index (κ1) is 28.9. The molecule has 0 spiro atoms. The van der Waals surface area contributed by atoms with E-state index in [1.54, 1.807) is 6.08 Å². The van der Waals surface area contributed by atoms with Gasteiger partial charge in [0.1, 0.15) is 5.78 Å². The first-order valence-electron chi connectivity index (χ1n) is 13.3. The Morgan fingerprint density at radius 3 is 2.25 bits per heavy atom. The van der Waals surface area contributed by atoms with Crippen molar-refractivity contribution in [2.24, 2.45) is 28.6 Å². The zero-order chi connectivity index (χ0) is 24.4. The summed E-state index contributed by atoms with van der Waals surface area (Å²) >= 11 is 0. The van der Waals surface area contributed by atoms with Gasteiger partial charge in [-0.3, -0.25) is 9.59 Å². The fraction of sp³-hybridized carbons (Fsp3) is 0.800. The summed E-state index contributed by atoms with van der Waals surface area (Å²) in [5.74, 6) is 2.72. The standard InChI is InChI=1S/C15H28O.C15H24O.H2/c2*1-5-7-13(16)9-10-14-12(2)8-6-11-15(14,3)4;/h12,14H,5-11H2,1-4H3;8-10,14H,5-7,11H2,1-4H3;1H. The molecular formula is C30H54O2. The van der Waals surface area contributed by atoms with E-state index in [-0.39, 0.29) is 7.21 Å². The molecule has 0 bridgehead atoms. The minimum atomic E-state index is 0. The minimum Gasteiger partial charge on any atom is -0.300 e. The molecule has 0 N–H and O–H groups in total. The highest BCUT2D eigenvalue weighted by molar-refractivity contribution is 5.89. The van der Waals surface area contributed by atoms with E-state index >= 15 is 0 Å². The lowest BCUT2D eigenvalue weighted by Gasteiger charge is -2.43. The molecule has 0 aliphatic heterocycles. The second-order valence-electron chi connectivity index (χ2n) is 11.8. The fourth-order valence-corrected chi connectivity index (χ4v) is 5.95. The van der Waals surface area contributed by atoms with Crippen LogP contribution in [0.2, 0.25) is 0 Å². The van der Waals surface area contributed by atoms with Gasteiger partial charge in [-0.2, -0.15) is 0 Å². The number of carbonyl (C=O) groups excluding carboxylic acids is 2. The summed E-state index contributed by atoms with van der Waals surface area (Å²) in [6, 6.07) is 0. The molecule has 0 amide bonds. The first-order chi connectivity index (χ1) is 14.9. The highest BCUT2D eigenvalue weighted by atomic mass is 16.1. The van der Waals surface area contributed by atoms with Crippen molar-refractivity contribution in [1.29, 1.82) is 0 Å². The molecule has 2 aliphatic rings. The highest BCUT2D eigenvalue weighted by Crippen LogP contribution is 2.46. The van der Waals surface area contributed by atoms with Gasteiger partial charge < -0.3 is 0 Å². The van der Waals surface area contributed by atoms with Crippen LogP contribution in [0.1, 0.15) is 127 Å². The van der Waals surface area contributed by atoms with Gasteiger partial charge in [-0.05, 0) is 74.2 Å². The Bertz CT molecular complexity index is 656. The molecule has 0 radical (unpaired) electrons. The van der Waals surface area contributed by atoms with E-state index in [0.717, 1.165) is 43.9 Å². The van der Waals surface area contributed by atoms with Crippen molar-refractivity contribution in [2.45, 2.75) is 126 Å². The van der Waals surface area contributed by atoms with E-state index in [9.17, 15) is 9.59 Å². The molecule has 2 heteroatoms. The van der Waals surface area contributed by atoms with Crippen molar-refractivity contribution in [1.82, 2.24) is 0 Å². The molecule has 186 valence electrons. The van der Waals surface area contributed by atoms with Crippen LogP contribution in [-0.2, 0) is 9.59 Å². The molecular weight excluding hydrogens is 392 g/mol. The molecule has 0 heterocycles. The van der Waals surface area contributed by atoms with Gasteiger partial charge in [0.2, 0.25) is 0 Å². The summed E-state index contributed by atoms with van der Waals surface area (Å²) in [6.45, 7) is 18.0. The van der Waals surface area contributed by atoms with Crippen LogP contribution in [-0.4, -0.2) is 11.6 Å². The third kappa shape index (κ3) is 9.36. The number of hydrogen-bond donors (Lipinski definition) is 0. The van der Waals surface area contributed by atoms with Crippen LogP contribution in [0.25, 0.3) is 0 Å². The maximum Gasteiger partial charge on any atom is 0.155 e. The van der Waals surface area contributed by atoms with E-state index in [0.29, 0.717) is 29.0 Å². The van der Waals surface area contributed by atoms with E-state index in [4.69, 9.17) is 0 Å². The van der Waals surface area contributed by atoms with Gasteiger partial charge in [0, 0.05) is 26.6 Å². The minimum absolute atomic E-state index is 0. The Morgan fingerprint density at radius 2 is 1.69 bits per heavy atom. The normalized spacial score (nSPS) is 26.8. The molecule has 1 fully saturated rings. The monoisotopic (exact) mass is 446 g/mol. The molecule has 2 rings (SSSR count). The SMILES string of the molecule is CCCC(=O)C=CC1C(C)=CCCC1(C)C.CCCC(=O)CCC1C(C)CCCC1(C)C.[HH]. The smallest absolute Gasteiger partial charge is 0.155 e. The van der Waals surface area contributed by atoms with Crippen LogP contribution >= 0.6 is 0 Å². The van der Waals surface area contributed by atoms with Crippen molar-refractivity contribution in [2.75, 3.05) is 0 Å². The molecule has 2 aliphatic carbocycles. The summed E-state index contributed by atoms with van der Waals surface area (Å²) < 4.78 is 0. The van der Waals surface area contributed by atoms with Gasteiger partial charge in [0.05, 0.1) is 0 Å². The second-order valence-corrected chi connectivity index (χ2v) is 11.8. The summed E-state index contributed by atoms with van der Waals surface area (Å²) in [5.41, 5.74) is 2.16. The molecule has 0 aromatic carbocycles. The maximum absolute atomic E-state index is 11.6. The summed E-state index contributed by atoms with van der Waals surface area (Å²) in [7, 11) is 0. The number of carbonyl (C=O) groups is 2. The lowest BCUT2D eigenvalue weighted by atomic mass is 9.62.